The van der Waals surface area contributed by atoms with Gasteiger partial charge in [-0.25, -0.2) is 0 Å². The maximum absolute atomic E-state index is 11.3. The van der Waals surface area contributed by atoms with Gasteiger partial charge in [-0.05, 0) is 48.6 Å². The van der Waals surface area contributed by atoms with E-state index < -0.39 is 0 Å². The summed E-state index contributed by atoms with van der Waals surface area (Å²) in [7, 11) is 1.41. The van der Waals surface area contributed by atoms with E-state index in [1.165, 1.54) is 7.11 Å². The number of ether oxygens (including phenoxy) is 2. The Morgan fingerprint density at radius 1 is 1.35 bits per heavy atom. The zero-order valence-electron chi connectivity index (χ0n) is 14.9. The Morgan fingerprint density at radius 2 is 2.23 bits per heavy atom. The molecule has 5 nitrogen and oxygen atoms in total. The Hall–Kier alpha value is -2.66. The molecular formula is C21H23NO4. The van der Waals surface area contributed by atoms with Crippen molar-refractivity contribution in [1.82, 2.24) is 4.98 Å². The first-order valence-corrected chi connectivity index (χ1v) is 8.80. The molecule has 0 aliphatic carbocycles. The van der Waals surface area contributed by atoms with E-state index in [1.54, 1.807) is 6.20 Å². The van der Waals surface area contributed by atoms with Crippen LogP contribution in [-0.2, 0) is 22.6 Å². The number of carbonyl (C=O) groups is 1. The van der Waals surface area contributed by atoms with Crippen LogP contribution in [0.2, 0.25) is 0 Å². The Labute approximate surface area is 153 Å². The highest BCUT2D eigenvalue weighted by Gasteiger charge is 2.19. The van der Waals surface area contributed by atoms with Crippen molar-refractivity contribution in [3.63, 3.8) is 0 Å². The highest BCUT2D eigenvalue weighted by Crippen LogP contribution is 2.37. The number of rotatable bonds is 6. The third-order valence-corrected chi connectivity index (χ3v) is 4.48. The minimum atomic E-state index is -0.194. The quantitative estimate of drug-likeness (QED) is 0.637. The van der Waals surface area contributed by atoms with Crippen LogP contribution in [0.3, 0.4) is 0 Å². The second-order valence-electron chi connectivity index (χ2n) is 6.21. The number of fused-ring (bicyclic) bond motifs is 2. The van der Waals surface area contributed by atoms with Crippen LogP contribution < -0.4 is 4.74 Å². The predicted molar refractivity (Wildman–Crippen MR) is 98.7 cm³/mol. The molecule has 5 heteroatoms. The van der Waals surface area contributed by atoms with Crippen LogP contribution in [0.25, 0.3) is 5.57 Å². The van der Waals surface area contributed by atoms with E-state index in [-0.39, 0.29) is 12.6 Å². The van der Waals surface area contributed by atoms with Gasteiger partial charge in [0.25, 0.3) is 0 Å². The van der Waals surface area contributed by atoms with Crippen LogP contribution in [-0.4, -0.2) is 29.8 Å². The molecule has 1 N–H and O–H groups in total. The number of pyridine rings is 1. The lowest BCUT2D eigenvalue weighted by atomic mass is 9.93. The van der Waals surface area contributed by atoms with Crippen LogP contribution in [0, 0.1) is 0 Å². The molecule has 0 amide bonds. The number of hydrogen-bond acceptors (Lipinski definition) is 5. The minimum Gasteiger partial charge on any atom is -0.488 e. The Morgan fingerprint density at radius 3 is 3.04 bits per heavy atom. The average Bonchev–Trinajstić information content (AvgIpc) is 2.82. The molecule has 1 aliphatic rings. The molecule has 1 aromatic heterocycles. The topological polar surface area (TPSA) is 68.7 Å². The number of hydrogen-bond donors (Lipinski definition) is 1. The van der Waals surface area contributed by atoms with Gasteiger partial charge in [0.05, 0.1) is 7.11 Å². The monoisotopic (exact) mass is 353 g/mol. The molecule has 0 saturated carbocycles. The van der Waals surface area contributed by atoms with Crippen molar-refractivity contribution in [3.8, 4) is 5.75 Å². The summed E-state index contributed by atoms with van der Waals surface area (Å²) in [4.78, 5) is 15.6. The van der Waals surface area contributed by atoms with Crippen molar-refractivity contribution >= 4 is 11.5 Å². The second-order valence-corrected chi connectivity index (χ2v) is 6.21. The number of aliphatic hydroxyl groups excluding tert-OH is 1. The van der Waals surface area contributed by atoms with Crippen molar-refractivity contribution in [2.45, 2.75) is 32.3 Å². The molecule has 3 rings (SSSR count). The van der Waals surface area contributed by atoms with Gasteiger partial charge in [0, 0.05) is 42.1 Å². The molecular weight excluding hydrogens is 330 g/mol. The zero-order valence-corrected chi connectivity index (χ0v) is 14.9. The number of carbonyl (C=O) groups excluding carboxylic acids is 1. The van der Waals surface area contributed by atoms with Gasteiger partial charge in [-0.15, -0.1) is 0 Å². The molecule has 0 saturated heterocycles. The SMILES string of the molecule is COC(=O)CCC/C=C1/c2cnccc2COc2ccc(CCO)cc21. The summed E-state index contributed by atoms with van der Waals surface area (Å²) >= 11 is 0. The maximum atomic E-state index is 11.3. The van der Waals surface area contributed by atoms with Crippen molar-refractivity contribution < 1.29 is 19.4 Å². The summed E-state index contributed by atoms with van der Waals surface area (Å²) in [5, 5.41) is 9.25. The first-order chi connectivity index (χ1) is 12.7. The lowest BCUT2D eigenvalue weighted by molar-refractivity contribution is -0.140. The van der Waals surface area contributed by atoms with Crippen LogP contribution in [0.15, 0.2) is 42.7 Å². The van der Waals surface area contributed by atoms with Crippen molar-refractivity contribution in [3.05, 3.63) is 65.0 Å². The zero-order chi connectivity index (χ0) is 18.4. The summed E-state index contributed by atoms with van der Waals surface area (Å²) in [6.45, 7) is 0.597. The van der Waals surface area contributed by atoms with Crippen LogP contribution in [0.5, 0.6) is 5.75 Å². The molecule has 26 heavy (non-hydrogen) atoms. The number of esters is 1. The van der Waals surface area contributed by atoms with E-state index in [4.69, 9.17) is 9.47 Å². The fourth-order valence-corrected chi connectivity index (χ4v) is 3.11. The molecule has 1 aliphatic heterocycles. The molecule has 136 valence electrons. The van der Waals surface area contributed by atoms with E-state index in [0.717, 1.165) is 46.4 Å². The molecule has 2 aromatic rings. The van der Waals surface area contributed by atoms with E-state index >= 15 is 0 Å². The number of nitrogens with zero attached hydrogens (tertiary/aromatic N) is 1. The van der Waals surface area contributed by atoms with Gasteiger partial charge in [0.2, 0.25) is 0 Å². The molecule has 0 atom stereocenters. The molecule has 0 radical (unpaired) electrons. The van der Waals surface area contributed by atoms with Crippen molar-refractivity contribution in [2.75, 3.05) is 13.7 Å². The first-order valence-electron chi connectivity index (χ1n) is 8.80. The second kappa shape index (κ2) is 8.63. The summed E-state index contributed by atoms with van der Waals surface area (Å²) in [5.74, 6) is 0.627. The number of benzene rings is 1. The van der Waals surface area contributed by atoms with Crippen LogP contribution in [0.1, 0.15) is 41.5 Å². The van der Waals surface area contributed by atoms with E-state index in [0.29, 0.717) is 19.4 Å². The maximum Gasteiger partial charge on any atom is 0.305 e. The van der Waals surface area contributed by atoms with Gasteiger partial charge < -0.3 is 14.6 Å². The minimum absolute atomic E-state index is 0.107. The Balaban J connectivity index is 1.97. The largest absolute Gasteiger partial charge is 0.488 e. The molecule has 1 aromatic carbocycles. The number of aliphatic hydroxyl groups is 1. The molecule has 0 fully saturated rings. The highest BCUT2D eigenvalue weighted by atomic mass is 16.5. The number of allylic oxidation sites excluding steroid dienone is 1. The molecule has 0 bridgehead atoms. The number of unbranched alkanes of at least 4 members (excludes halogenated alkanes) is 1. The van der Waals surface area contributed by atoms with Crippen LogP contribution in [0.4, 0.5) is 0 Å². The van der Waals surface area contributed by atoms with Gasteiger partial charge in [-0.1, -0.05) is 12.1 Å². The fourth-order valence-electron chi connectivity index (χ4n) is 3.11. The highest BCUT2D eigenvalue weighted by molar-refractivity contribution is 5.85. The third kappa shape index (κ3) is 4.11. The fraction of sp³-hybridized carbons (Fsp3) is 0.333. The standard InChI is InChI=1S/C21H23NO4/c1-25-21(24)5-3-2-4-17-18-12-15(9-11-23)6-7-20(18)26-14-16-8-10-22-13-19(16)17/h4,6-8,10,12-13,23H,2-3,5,9,11,14H2,1H3/b17-4+. The van der Waals surface area contributed by atoms with Gasteiger partial charge >= 0.3 is 5.97 Å². The van der Waals surface area contributed by atoms with Gasteiger partial charge in [-0.2, -0.15) is 0 Å². The Bertz CT molecular complexity index is 813. The van der Waals surface area contributed by atoms with E-state index in [2.05, 4.69) is 17.1 Å². The average molecular weight is 353 g/mol. The predicted octanol–water partition coefficient (Wildman–Crippen LogP) is 3.28. The smallest absolute Gasteiger partial charge is 0.305 e. The Kier molecular flexibility index (Phi) is 6.02. The summed E-state index contributed by atoms with van der Waals surface area (Å²) in [5.41, 5.74) is 5.25. The van der Waals surface area contributed by atoms with E-state index in [1.807, 2.05) is 24.4 Å². The van der Waals surface area contributed by atoms with Crippen LogP contribution >= 0.6 is 0 Å². The number of aromatic nitrogens is 1. The molecule has 2 heterocycles. The summed E-state index contributed by atoms with van der Waals surface area (Å²) in [6, 6.07) is 7.98. The first kappa shape index (κ1) is 18.1. The molecule has 0 unspecified atom stereocenters. The lowest BCUT2D eigenvalue weighted by Gasteiger charge is -2.12. The van der Waals surface area contributed by atoms with Crippen molar-refractivity contribution in [2.24, 2.45) is 0 Å². The van der Waals surface area contributed by atoms with Gasteiger partial charge in [0.15, 0.2) is 0 Å². The van der Waals surface area contributed by atoms with Crippen molar-refractivity contribution in [1.29, 1.82) is 0 Å². The number of methoxy groups -OCH3 is 1. The summed E-state index contributed by atoms with van der Waals surface area (Å²) in [6.07, 6.45) is 8.24. The third-order valence-electron chi connectivity index (χ3n) is 4.48. The summed E-state index contributed by atoms with van der Waals surface area (Å²) < 4.78 is 10.7. The van der Waals surface area contributed by atoms with Gasteiger partial charge in [-0.3, -0.25) is 9.78 Å². The molecule has 0 spiro atoms. The van der Waals surface area contributed by atoms with E-state index in [9.17, 15) is 9.90 Å². The van der Waals surface area contributed by atoms with Gasteiger partial charge in [0.1, 0.15) is 12.4 Å². The lowest BCUT2D eigenvalue weighted by Crippen LogP contribution is -1.99. The normalized spacial score (nSPS) is 14.2.